The summed E-state index contributed by atoms with van der Waals surface area (Å²) >= 11 is 0. The van der Waals surface area contributed by atoms with Crippen molar-refractivity contribution in [3.63, 3.8) is 0 Å². The van der Waals surface area contributed by atoms with Gasteiger partial charge in [0.25, 0.3) is 0 Å². The molecule has 1 atom stereocenters. The van der Waals surface area contributed by atoms with Gasteiger partial charge in [-0.25, -0.2) is 0 Å². The predicted molar refractivity (Wildman–Crippen MR) is 77.8 cm³/mol. The molecule has 2 rings (SSSR count). The van der Waals surface area contributed by atoms with Crippen LogP contribution in [0.3, 0.4) is 0 Å². The zero-order chi connectivity index (χ0) is 13.7. The summed E-state index contributed by atoms with van der Waals surface area (Å²) in [5.74, 6) is 1.53. The van der Waals surface area contributed by atoms with Crippen molar-refractivity contribution >= 4 is 0 Å². The number of benzene rings is 1. The van der Waals surface area contributed by atoms with E-state index in [1.165, 1.54) is 5.56 Å². The number of rotatable bonds is 7. The van der Waals surface area contributed by atoms with Gasteiger partial charge in [-0.3, -0.25) is 0 Å². The normalized spacial score (nSPS) is 18.2. The van der Waals surface area contributed by atoms with E-state index in [-0.39, 0.29) is 5.41 Å². The molecule has 3 heteroatoms. The van der Waals surface area contributed by atoms with Crippen molar-refractivity contribution in [2.24, 2.45) is 5.41 Å². The van der Waals surface area contributed by atoms with Crippen molar-refractivity contribution in [3.8, 4) is 5.75 Å². The largest absolute Gasteiger partial charge is 0.493 e. The highest BCUT2D eigenvalue weighted by atomic mass is 16.5. The van der Waals surface area contributed by atoms with E-state index in [4.69, 9.17) is 9.47 Å². The first-order chi connectivity index (χ1) is 9.12. The lowest BCUT2D eigenvalue weighted by atomic mass is 9.89. The van der Waals surface area contributed by atoms with Crippen LogP contribution < -0.4 is 10.1 Å². The van der Waals surface area contributed by atoms with Gasteiger partial charge in [-0.05, 0) is 17.9 Å². The van der Waals surface area contributed by atoms with E-state index in [1.807, 2.05) is 6.07 Å². The Morgan fingerprint density at radius 2 is 2.16 bits per heavy atom. The van der Waals surface area contributed by atoms with Gasteiger partial charge in [0.05, 0.1) is 6.61 Å². The van der Waals surface area contributed by atoms with Crippen molar-refractivity contribution in [2.75, 3.05) is 33.4 Å². The van der Waals surface area contributed by atoms with Crippen LogP contribution in [0, 0.1) is 5.41 Å². The SMILES string of the molecule is COCCC(C)(C)CNCC1COc2ccccc21. The topological polar surface area (TPSA) is 30.5 Å². The Balaban J connectivity index is 1.78. The highest BCUT2D eigenvalue weighted by Gasteiger charge is 2.24. The standard InChI is InChI=1S/C16H25NO2/c1-16(2,8-9-18-3)12-17-10-13-11-19-15-7-5-4-6-14(13)15/h4-7,13,17H,8-12H2,1-3H3. The second-order valence-electron chi connectivity index (χ2n) is 6.08. The maximum Gasteiger partial charge on any atom is 0.122 e. The van der Waals surface area contributed by atoms with Crippen LogP contribution in [0.5, 0.6) is 5.75 Å². The summed E-state index contributed by atoms with van der Waals surface area (Å²) < 4.78 is 10.9. The van der Waals surface area contributed by atoms with Gasteiger partial charge >= 0.3 is 0 Å². The number of methoxy groups -OCH3 is 1. The van der Waals surface area contributed by atoms with Crippen LogP contribution in [0.25, 0.3) is 0 Å². The molecule has 1 unspecified atom stereocenters. The van der Waals surface area contributed by atoms with Gasteiger partial charge in [0.2, 0.25) is 0 Å². The average molecular weight is 263 g/mol. The van der Waals surface area contributed by atoms with Crippen LogP contribution in [0.4, 0.5) is 0 Å². The van der Waals surface area contributed by atoms with Gasteiger partial charge in [0.1, 0.15) is 5.75 Å². The fraction of sp³-hybridized carbons (Fsp3) is 0.625. The third-order valence-corrected chi connectivity index (χ3v) is 3.78. The number of nitrogens with one attached hydrogen (secondary N) is 1. The lowest BCUT2D eigenvalue weighted by Crippen LogP contribution is -2.33. The van der Waals surface area contributed by atoms with Crippen LogP contribution >= 0.6 is 0 Å². The molecule has 1 aromatic rings. The Bertz CT molecular complexity index is 403. The summed E-state index contributed by atoms with van der Waals surface area (Å²) in [7, 11) is 1.76. The summed E-state index contributed by atoms with van der Waals surface area (Å²) in [5, 5.41) is 3.58. The van der Waals surface area contributed by atoms with Gasteiger partial charge in [0.15, 0.2) is 0 Å². The Labute approximate surface area is 116 Å². The zero-order valence-electron chi connectivity index (χ0n) is 12.2. The van der Waals surface area contributed by atoms with E-state index in [0.717, 1.165) is 38.5 Å². The molecule has 0 aromatic heterocycles. The number of ether oxygens (including phenoxy) is 2. The molecule has 19 heavy (non-hydrogen) atoms. The molecule has 0 aliphatic carbocycles. The van der Waals surface area contributed by atoms with E-state index in [0.29, 0.717) is 5.92 Å². The molecule has 1 aromatic carbocycles. The van der Waals surface area contributed by atoms with Crippen molar-refractivity contribution < 1.29 is 9.47 Å². The highest BCUT2D eigenvalue weighted by Crippen LogP contribution is 2.33. The predicted octanol–water partition coefficient (Wildman–Crippen LogP) is 2.81. The van der Waals surface area contributed by atoms with Gasteiger partial charge < -0.3 is 14.8 Å². The Morgan fingerprint density at radius 1 is 1.37 bits per heavy atom. The molecule has 0 spiro atoms. The van der Waals surface area contributed by atoms with Crippen LogP contribution in [0.15, 0.2) is 24.3 Å². The molecule has 0 saturated heterocycles. The molecule has 0 bridgehead atoms. The van der Waals surface area contributed by atoms with Gasteiger partial charge in [-0.15, -0.1) is 0 Å². The zero-order valence-corrected chi connectivity index (χ0v) is 12.2. The summed E-state index contributed by atoms with van der Waals surface area (Å²) in [5.41, 5.74) is 1.61. The van der Waals surface area contributed by atoms with Gasteiger partial charge in [-0.1, -0.05) is 32.0 Å². The van der Waals surface area contributed by atoms with Gasteiger partial charge in [-0.2, -0.15) is 0 Å². The first-order valence-corrected chi connectivity index (χ1v) is 7.04. The number of para-hydroxylation sites is 1. The number of fused-ring (bicyclic) bond motifs is 1. The van der Waals surface area contributed by atoms with Crippen molar-refractivity contribution in [1.29, 1.82) is 0 Å². The Morgan fingerprint density at radius 3 is 2.95 bits per heavy atom. The minimum Gasteiger partial charge on any atom is -0.493 e. The monoisotopic (exact) mass is 263 g/mol. The first-order valence-electron chi connectivity index (χ1n) is 7.04. The lowest BCUT2D eigenvalue weighted by Gasteiger charge is -2.25. The Kier molecular flexibility index (Phi) is 4.83. The maximum absolute atomic E-state index is 5.70. The van der Waals surface area contributed by atoms with Crippen LogP contribution in [0.1, 0.15) is 31.7 Å². The first kappa shape index (κ1) is 14.4. The van der Waals surface area contributed by atoms with E-state index < -0.39 is 0 Å². The molecule has 0 saturated carbocycles. The molecule has 1 N–H and O–H groups in total. The van der Waals surface area contributed by atoms with Crippen LogP contribution in [-0.4, -0.2) is 33.4 Å². The molecule has 0 fully saturated rings. The van der Waals surface area contributed by atoms with Crippen molar-refractivity contribution in [3.05, 3.63) is 29.8 Å². The fourth-order valence-electron chi connectivity index (χ4n) is 2.45. The smallest absolute Gasteiger partial charge is 0.122 e. The molecule has 1 aliphatic heterocycles. The van der Waals surface area contributed by atoms with Crippen LogP contribution in [0.2, 0.25) is 0 Å². The number of hydrogen-bond acceptors (Lipinski definition) is 3. The summed E-state index contributed by atoms with van der Waals surface area (Å²) in [6.45, 7) is 8.16. The lowest BCUT2D eigenvalue weighted by molar-refractivity contribution is 0.150. The highest BCUT2D eigenvalue weighted by molar-refractivity contribution is 5.39. The molecular weight excluding hydrogens is 238 g/mol. The molecule has 1 heterocycles. The second kappa shape index (κ2) is 6.40. The summed E-state index contributed by atoms with van der Waals surface area (Å²) in [4.78, 5) is 0. The Hall–Kier alpha value is -1.06. The van der Waals surface area contributed by atoms with Crippen molar-refractivity contribution in [2.45, 2.75) is 26.2 Å². The third-order valence-electron chi connectivity index (χ3n) is 3.78. The minimum absolute atomic E-state index is 0.273. The molecule has 106 valence electrons. The van der Waals surface area contributed by atoms with E-state index >= 15 is 0 Å². The second-order valence-corrected chi connectivity index (χ2v) is 6.08. The quantitative estimate of drug-likeness (QED) is 0.820. The maximum atomic E-state index is 5.70. The molecule has 0 radical (unpaired) electrons. The number of hydrogen-bond donors (Lipinski definition) is 1. The van der Waals surface area contributed by atoms with Gasteiger partial charge in [0, 0.05) is 38.3 Å². The summed E-state index contributed by atoms with van der Waals surface area (Å²) in [6, 6.07) is 8.34. The molecule has 3 nitrogen and oxygen atoms in total. The minimum atomic E-state index is 0.273. The molecular formula is C16H25NO2. The van der Waals surface area contributed by atoms with E-state index in [2.05, 4.69) is 37.4 Å². The van der Waals surface area contributed by atoms with E-state index in [1.54, 1.807) is 7.11 Å². The van der Waals surface area contributed by atoms with Crippen molar-refractivity contribution in [1.82, 2.24) is 5.32 Å². The fourth-order valence-corrected chi connectivity index (χ4v) is 2.45. The van der Waals surface area contributed by atoms with Crippen LogP contribution in [-0.2, 0) is 4.74 Å². The molecule has 1 aliphatic rings. The average Bonchev–Trinajstić information content (AvgIpc) is 2.80. The summed E-state index contributed by atoms with van der Waals surface area (Å²) in [6.07, 6.45) is 1.08. The van der Waals surface area contributed by atoms with E-state index in [9.17, 15) is 0 Å². The molecule has 0 amide bonds. The third kappa shape index (κ3) is 3.95.